The van der Waals surface area contributed by atoms with E-state index < -0.39 is 0 Å². The fourth-order valence-corrected chi connectivity index (χ4v) is 2.54. The summed E-state index contributed by atoms with van der Waals surface area (Å²) in [4.78, 5) is 2.39. The average Bonchev–Trinajstić information content (AvgIpc) is 2.80. The van der Waals surface area contributed by atoms with Crippen LogP contribution >= 0.6 is 0 Å². The van der Waals surface area contributed by atoms with Crippen LogP contribution in [0.3, 0.4) is 0 Å². The highest BCUT2D eigenvalue weighted by atomic mass is 16.5. The first-order valence-corrected chi connectivity index (χ1v) is 5.55. The van der Waals surface area contributed by atoms with Gasteiger partial charge in [-0.1, -0.05) is 6.92 Å². The Morgan fingerprint density at radius 3 is 2.86 bits per heavy atom. The molecule has 82 valence electrons. The molecule has 0 aromatic rings. The quantitative estimate of drug-likeness (QED) is 0.640. The van der Waals surface area contributed by atoms with Crippen LogP contribution in [0.5, 0.6) is 0 Å². The largest absolute Gasteiger partial charge is 0.390 e. The van der Waals surface area contributed by atoms with Crippen molar-refractivity contribution in [2.24, 2.45) is 0 Å². The van der Waals surface area contributed by atoms with Gasteiger partial charge in [0.1, 0.15) is 0 Å². The maximum atomic E-state index is 9.81. The van der Waals surface area contributed by atoms with Crippen LogP contribution in [0.2, 0.25) is 0 Å². The van der Waals surface area contributed by atoms with E-state index in [1.807, 2.05) is 0 Å². The molecule has 0 aromatic carbocycles. The van der Waals surface area contributed by atoms with Crippen molar-refractivity contribution in [2.75, 3.05) is 32.8 Å². The number of nitrogens with one attached hydrogen (secondary N) is 1. The standard InChI is InChI=1S/C10H20N2O2/c1-2-12(8-3-4-14-7-8)9-5-11-6-10(9)13/h8-11,13H,2-7H2,1H3. The second-order valence-corrected chi connectivity index (χ2v) is 4.14. The van der Waals surface area contributed by atoms with Crippen molar-refractivity contribution >= 4 is 0 Å². The molecule has 4 nitrogen and oxygen atoms in total. The van der Waals surface area contributed by atoms with Gasteiger partial charge in [0.05, 0.1) is 12.7 Å². The third-order valence-corrected chi connectivity index (χ3v) is 3.32. The molecule has 0 amide bonds. The molecule has 0 radical (unpaired) electrons. The molecule has 2 aliphatic heterocycles. The SMILES string of the molecule is CCN(C1CCOC1)C1CNCC1O. The number of aliphatic hydroxyl groups is 1. The van der Waals surface area contributed by atoms with Crippen molar-refractivity contribution in [3.05, 3.63) is 0 Å². The van der Waals surface area contributed by atoms with E-state index in [1.54, 1.807) is 0 Å². The summed E-state index contributed by atoms with van der Waals surface area (Å²) >= 11 is 0. The Balaban J connectivity index is 1.96. The van der Waals surface area contributed by atoms with Gasteiger partial charge in [0.15, 0.2) is 0 Å². The highest BCUT2D eigenvalue weighted by molar-refractivity contribution is 4.91. The summed E-state index contributed by atoms with van der Waals surface area (Å²) in [5.41, 5.74) is 0. The zero-order valence-corrected chi connectivity index (χ0v) is 8.78. The third-order valence-electron chi connectivity index (χ3n) is 3.32. The normalized spacial score (nSPS) is 38.4. The lowest BCUT2D eigenvalue weighted by atomic mass is 10.1. The third kappa shape index (κ3) is 1.93. The summed E-state index contributed by atoms with van der Waals surface area (Å²) in [6.45, 7) is 6.50. The number of ether oxygens (including phenoxy) is 1. The molecule has 2 heterocycles. The van der Waals surface area contributed by atoms with E-state index in [1.165, 1.54) is 0 Å². The van der Waals surface area contributed by atoms with Crippen LogP contribution < -0.4 is 5.32 Å². The molecule has 0 aliphatic carbocycles. The van der Waals surface area contributed by atoms with Crippen molar-refractivity contribution in [3.63, 3.8) is 0 Å². The van der Waals surface area contributed by atoms with Gasteiger partial charge in [-0.2, -0.15) is 0 Å². The maximum Gasteiger partial charge on any atom is 0.0831 e. The first-order chi connectivity index (χ1) is 6.83. The Morgan fingerprint density at radius 2 is 2.36 bits per heavy atom. The predicted molar refractivity (Wildman–Crippen MR) is 54.3 cm³/mol. The van der Waals surface area contributed by atoms with E-state index in [0.29, 0.717) is 6.04 Å². The van der Waals surface area contributed by atoms with E-state index in [2.05, 4.69) is 17.1 Å². The summed E-state index contributed by atoms with van der Waals surface area (Å²) < 4.78 is 5.39. The first kappa shape index (κ1) is 10.4. The lowest BCUT2D eigenvalue weighted by Crippen LogP contribution is -2.49. The molecule has 0 bridgehead atoms. The van der Waals surface area contributed by atoms with Gasteiger partial charge >= 0.3 is 0 Å². The molecule has 2 N–H and O–H groups in total. The van der Waals surface area contributed by atoms with Crippen LogP contribution in [-0.2, 0) is 4.74 Å². The minimum absolute atomic E-state index is 0.212. The molecule has 0 spiro atoms. The number of hydrogen-bond donors (Lipinski definition) is 2. The molecule has 2 rings (SSSR count). The van der Waals surface area contributed by atoms with Gasteiger partial charge in [-0.3, -0.25) is 4.90 Å². The molecular weight excluding hydrogens is 180 g/mol. The molecule has 2 fully saturated rings. The average molecular weight is 200 g/mol. The van der Waals surface area contributed by atoms with Gasteiger partial charge in [0, 0.05) is 31.8 Å². The molecule has 0 saturated carbocycles. The number of aliphatic hydroxyl groups excluding tert-OH is 1. The number of hydrogen-bond acceptors (Lipinski definition) is 4. The Kier molecular flexibility index (Phi) is 3.38. The van der Waals surface area contributed by atoms with Gasteiger partial charge in [0.25, 0.3) is 0 Å². The van der Waals surface area contributed by atoms with Crippen LogP contribution in [0.25, 0.3) is 0 Å². The van der Waals surface area contributed by atoms with Crippen LogP contribution in [0.1, 0.15) is 13.3 Å². The number of β-amino-alcohol motifs (C(OH)–C–C–N with tert-alkyl or cyclic N) is 1. The molecule has 4 heteroatoms. The lowest BCUT2D eigenvalue weighted by Gasteiger charge is -2.33. The second-order valence-electron chi connectivity index (χ2n) is 4.14. The fourth-order valence-electron chi connectivity index (χ4n) is 2.54. The van der Waals surface area contributed by atoms with Crippen molar-refractivity contribution in [3.8, 4) is 0 Å². The van der Waals surface area contributed by atoms with Crippen molar-refractivity contribution in [1.82, 2.24) is 10.2 Å². The fraction of sp³-hybridized carbons (Fsp3) is 1.00. The van der Waals surface area contributed by atoms with Crippen LogP contribution in [0.4, 0.5) is 0 Å². The van der Waals surface area contributed by atoms with Gasteiger partial charge < -0.3 is 15.2 Å². The van der Waals surface area contributed by atoms with Crippen LogP contribution in [0.15, 0.2) is 0 Å². The van der Waals surface area contributed by atoms with E-state index >= 15 is 0 Å². The Morgan fingerprint density at radius 1 is 1.50 bits per heavy atom. The van der Waals surface area contributed by atoms with E-state index in [-0.39, 0.29) is 12.1 Å². The Bertz CT molecular complexity index is 183. The number of rotatable bonds is 3. The van der Waals surface area contributed by atoms with Crippen molar-refractivity contribution < 1.29 is 9.84 Å². The predicted octanol–water partition coefficient (Wildman–Crippen LogP) is -0.570. The van der Waals surface area contributed by atoms with Crippen LogP contribution in [-0.4, -0.2) is 61.0 Å². The van der Waals surface area contributed by atoms with E-state index in [4.69, 9.17) is 4.74 Å². The van der Waals surface area contributed by atoms with Gasteiger partial charge in [-0.05, 0) is 13.0 Å². The molecule has 3 atom stereocenters. The monoisotopic (exact) mass is 200 g/mol. The Hall–Kier alpha value is -0.160. The summed E-state index contributed by atoms with van der Waals surface area (Å²) in [6.07, 6.45) is 0.896. The summed E-state index contributed by atoms with van der Waals surface area (Å²) in [5, 5.41) is 13.0. The van der Waals surface area contributed by atoms with E-state index in [9.17, 15) is 5.11 Å². The van der Waals surface area contributed by atoms with Gasteiger partial charge in [0.2, 0.25) is 0 Å². The summed E-state index contributed by atoms with van der Waals surface area (Å²) in [7, 11) is 0. The van der Waals surface area contributed by atoms with Gasteiger partial charge in [-0.25, -0.2) is 0 Å². The van der Waals surface area contributed by atoms with E-state index in [0.717, 1.165) is 39.3 Å². The molecule has 3 unspecified atom stereocenters. The summed E-state index contributed by atoms with van der Waals surface area (Å²) in [6, 6.07) is 0.797. The zero-order chi connectivity index (χ0) is 9.97. The first-order valence-electron chi connectivity index (χ1n) is 5.55. The highest BCUT2D eigenvalue weighted by Gasteiger charge is 2.34. The number of likely N-dealkylation sites (N-methyl/N-ethyl adjacent to an activating group) is 1. The van der Waals surface area contributed by atoms with Crippen molar-refractivity contribution in [2.45, 2.75) is 31.5 Å². The van der Waals surface area contributed by atoms with Gasteiger partial charge in [-0.15, -0.1) is 0 Å². The molecule has 0 aromatic heterocycles. The lowest BCUT2D eigenvalue weighted by molar-refractivity contribution is 0.0516. The number of nitrogens with zero attached hydrogens (tertiary/aromatic N) is 1. The molecule has 14 heavy (non-hydrogen) atoms. The van der Waals surface area contributed by atoms with Crippen LogP contribution in [0, 0.1) is 0 Å². The highest BCUT2D eigenvalue weighted by Crippen LogP contribution is 2.18. The Labute approximate surface area is 85.2 Å². The zero-order valence-electron chi connectivity index (χ0n) is 8.78. The molecule has 2 saturated heterocycles. The minimum atomic E-state index is -0.212. The maximum absolute atomic E-state index is 9.81. The topological polar surface area (TPSA) is 44.7 Å². The van der Waals surface area contributed by atoms with Crippen molar-refractivity contribution in [1.29, 1.82) is 0 Å². The molecular formula is C10H20N2O2. The molecule has 2 aliphatic rings. The smallest absolute Gasteiger partial charge is 0.0831 e. The second kappa shape index (κ2) is 4.57. The summed E-state index contributed by atoms with van der Waals surface area (Å²) in [5.74, 6) is 0. The minimum Gasteiger partial charge on any atom is -0.390 e.